The molecule has 0 bridgehead atoms. The molecular weight excluding hydrogens is 352 g/mol. The standard InChI is InChI=1S/C24H30O4/c1-15-8-10-21-18(12-15)9-11-20-16(2)6-4-5-7-17(3)28-23(27)14-19(25)13-22(26)24(20)21/h4-9,11,13,16-18,20-21,24,26H,10,12,14H2,1-3H3. The second kappa shape index (κ2) is 8.76. The summed E-state index contributed by atoms with van der Waals surface area (Å²) >= 11 is 0. The van der Waals surface area contributed by atoms with E-state index in [1.165, 1.54) is 11.6 Å². The van der Waals surface area contributed by atoms with Crippen molar-refractivity contribution in [3.8, 4) is 0 Å². The van der Waals surface area contributed by atoms with Crippen LogP contribution in [0.25, 0.3) is 0 Å². The monoisotopic (exact) mass is 382 g/mol. The van der Waals surface area contributed by atoms with Crippen LogP contribution < -0.4 is 0 Å². The molecule has 2 aliphatic carbocycles. The summed E-state index contributed by atoms with van der Waals surface area (Å²) in [5, 5.41) is 10.9. The van der Waals surface area contributed by atoms with Crippen LogP contribution in [-0.4, -0.2) is 23.0 Å². The molecule has 28 heavy (non-hydrogen) atoms. The molecule has 3 aliphatic rings. The summed E-state index contributed by atoms with van der Waals surface area (Å²) in [6.45, 7) is 6.04. The minimum atomic E-state index is -0.574. The average Bonchev–Trinajstić information content (AvgIpc) is 2.62. The Morgan fingerprint density at radius 1 is 1.07 bits per heavy atom. The molecule has 6 atom stereocenters. The van der Waals surface area contributed by atoms with Crippen molar-refractivity contribution in [3.05, 3.63) is 59.9 Å². The molecule has 0 aromatic carbocycles. The second-order valence-corrected chi connectivity index (χ2v) is 8.34. The summed E-state index contributed by atoms with van der Waals surface area (Å²) in [4.78, 5) is 24.3. The number of carbonyl (C=O) groups excluding carboxylic acids is 2. The molecule has 0 saturated heterocycles. The zero-order valence-electron chi connectivity index (χ0n) is 16.9. The molecule has 4 nitrogen and oxygen atoms in total. The third kappa shape index (κ3) is 4.73. The number of hydrogen-bond donors (Lipinski definition) is 1. The number of ether oxygens (including phenoxy) is 1. The zero-order chi connectivity index (χ0) is 20.3. The maximum atomic E-state index is 12.3. The molecule has 0 saturated carbocycles. The summed E-state index contributed by atoms with van der Waals surface area (Å²) < 4.78 is 5.22. The average molecular weight is 383 g/mol. The van der Waals surface area contributed by atoms with Crippen molar-refractivity contribution >= 4 is 11.8 Å². The van der Waals surface area contributed by atoms with Crippen LogP contribution in [-0.2, 0) is 14.3 Å². The van der Waals surface area contributed by atoms with E-state index in [4.69, 9.17) is 4.74 Å². The van der Waals surface area contributed by atoms with Crippen LogP contribution in [0.1, 0.15) is 40.0 Å². The minimum absolute atomic E-state index is 0.0935. The van der Waals surface area contributed by atoms with Crippen LogP contribution in [0, 0.1) is 29.6 Å². The van der Waals surface area contributed by atoms with Gasteiger partial charge < -0.3 is 9.84 Å². The fourth-order valence-corrected chi connectivity index (χ4v) is 4.67. The number of carbonyl (C=O) groups is 2. The van der Waals surface area contributed by atoms with E-state index in [1.54, 1.807) is 13.0 Å². The van der Waals surface area contributed by atoms with Gasteiger partial charge >= 0.3 is 5.97 Å². The Morgan fingerprint density at radius 3 is 2.61 bits per heavy atom. The highest BCUT2D eigenvalue weighted by atomic mass is 16.5. The van der Waals surface area contributed by atoms with Crippen molar-refractivity contribution in [2.45, 2.75) is 46.1 Å². The lowest BCUT2D eigenvalue weighted by Crippen LogP contribution is -2.37. The Labute approximate surface area is 167 Å². The van der Waals surface area contributed by atoms with Gasteiger partial charge in [0, 0.05) is 12.0 Å². The second-order valence-electron chi connectivity index (χ2n) is 8.34. The lowest BCUT2D eigenvalue weighted by atomic mass is 9.62. The summed E-state index contributed by atoms with van der Waals surface area (Å²) in [6.07, 6.45) is 16.9. The number of rotatable bonds is 0. The maximum absolute atomic E-state index is 12.3. The van der Waals surface area contributed by atoms with Crippen molar-refractivity contribution in [3.63, 3.8) is 0 Å². The smallest absolute Gasteiger partial charge is 0.314 e. The molecule has 1 N–H and O–H groups in total. The number of hydrogen-bond acceptors (Lipinski definition) is 4. The lowest BCUT2D eigenvalue weighted by molar-refractivity contribution is -0.147. The van der Waals surface area contributed by atoms with Crippen LogP contribution >= 0.6 is 0 Å². The predicted octanol–water partition coefficient (Wildman–Crippen LogP) is 4.86. The fourth-order valence-electron chi connectivity index (χ4n) is 4.67. The third-order valence-electron chi connectivity index (χ3n) is 6.10. The highest BCUT2D eigenvalue weighted by molar-refractivity contribution is 6.02. The summed E-state index contributed by atoms with van der Waals surface area (Å²) in [7, 11) is 0. The number of cyclic esters (lactones) is 1. The molecule has 1 aliphatic heterocycles. The van der Waals surface area contributed by atoms with Crippen molar-refractivity contribution in [1.29, 1.82) is 0 Å². The molecule has 0 aromatic rings. The van der Waals surface area contributed by atoms with Crippen LogP contribution in [0.2, 0.25) is 0 Å². The van der Waals surface area contributed by atoms with Gasteiger partial charge in [-0.3, -0.25) is 9.59 Å². The van der Waals surface area contributed by atoms with Gasteiger partial charge in [0.2, 0.25) is 0 Å². The van der Waals surface area contributed by atoms with Gasteiger partial charge in [-0.15, -0.1) is 0 Å². The highest BCUT2D eigenvalue weighted by Crippen LogP contribution is 2.47. The SMILES string of the molecule is CC1=CCC2C(C=CC3C(C)C=CC=CC(C)OC(=O)CC(=O)C=C(O)C32)C1. The number of ketones is 1. The molecular formula is C24H30O4. The topological polar surface area (TPSA) is 63.6 Å². The molecule has 1 heterocycles. The molecule has 6 unspecified atom stereocenters. The fraction of sp³-hybridized carbons (Fsp3) is 0.500. The van der Waals surface area contributed by atoms with E-state index in [1.807, 2.05) is 12.2 Å². The van der Waals surface area contributed by atoms with E-state index in [0.29, 0.717) is 5.92 Å². The van der Waals surface area contributed by atoms with E-state index >= 15 is 0 Å². The molecule has 0 amide bonds. The van der Waals surface area contributed by atoms with Gasteiger partial charge in [0.15, 0.2) is 5.78 Å². The van der Waals surface area contributed by atoms with Crippen LogP contribution in [0.5, 0.6) is 0 Å². The number of allylic oxidation sites excluding steroid dienone is 9. The van der Waals surface area contributed by atoms with Gasteiger partial charge in [-0.25, -0.2) is 0 Å². The van der Waals surface area contributed by atoms with E-state index in [0.717, 1.165) is 12.8 Å². The molecule has 0 spiro atoms. The minimum Gasteiger partial charge on any atom is -0.512 e. The Balaban J connectivity index is 1.98. The summed E-state index contributed by atoms with van der Waals surface area (Å²) in [5.41, 5.74) is 1.37. The first-order chi connectivity index (χ1) is 13.3. The quantitative estimate of drug-likeness (QED) is 0.369. The number of aliphatic hydroxyl groups excluding tert-OH is 1. The first kappa shape index (κ1) is 20.4. The predicted molar refractivity (Wildman–Crippen MR) is 109 cm³/mol. The maximum Gasteiger partial charge on any atom is 0.314 e. The first-order valence-electron chi connectivity index (χ1n) is 10.2. The van der Waals surface area contributed by atoms with Gasteiger partial charge in [-0.05, 0) is 56.4 Å². The largest absolute Gasteiger partial charge is 0.512 e. The summed E-state index contributed by atoms with van der Waals surface area (Å²) in [6, 6.07) is 0. The van der Waals surface area contributed by atoms with E-state index < -0.39 is 17.9 Å². The molecule has 4 heteroatoms. The van der Waals surface area contributed by atoms with Gasteiger partial charge in [-0.2, -0.15) is 0 Å². The van der Waals surface area contributed by atoms with Crippen LogP contribution in [0.3, 0.4) is 0 Å². The highest BCUT2D eigenvalue weighted by Gasteiger charge is 2.41. The Hall–Kier alpha value is -2.36. The molecule has 0 fully saturated rings. The van der Waals surface area contributed by atoms with Gasteiger partial charge in [-0.1, -0.05) is 49.0 Å². The first-order valence-corrected chi connectivity index (χ1v) is 10.2. The van der Waals surface area contributed by atoms with E-state index in [2.05, 4.69) is 38.2 Å². The van der Waals surface area contributed by atoms with Gasteiger partial charge in [0.05, 0.1) is 5.76 Å². The number of aliphatic hydroxyl groups is 1. The third-order valence-corrected chi connectivity index (χ3v) is 6.10. The van der Waals surface area contributed by atoms with E-state index in [9.17, 15) is 14.7 Å². The summed E-state index contributed by atoms with van der Waals surface area (Å²) in [5.74, 6) is -0.0898. The van der Waals surface area contributed by atoms with Crippen LogP contribution in [0.15, 0.2) is 59.9 Å². The van der Waals surface area contributed by atoms with Crippen molar-refractivity contribution < 1.29 is 19.4 Å². The Morgan fingerprint density at radius 2 is 1.82 bits per heavy atom. The van der Waals surface area contributed by atoms with Crippen LogP contribution in [0.4, 0.5) is 0 Å². The molecule has 3 rings (SSSR count). The Kier molecular flexibility index (Phi) is 6.38. The van der Waals surface area contributed by atoms with Crippen molar-refractivity contribution in [1.82, 2.24) is 0 Å². The van der Waals surface area contributed by atoms with Gasteiger partial charge in [0.1, 0.15) is 12.5 Å². The number of esters is 1. The molecule has 0 radical (unpaired) electrons. The van der Waals surface area contributed by atoms with Crippen molar-refractivity contribution in [2.24, 2.45) is 29.6 Å². The van der Waals surface area contributed by atoms with Gasteiger partial charge in [0.25, 0.3) is 0 Å². The normalized spacial score (nSPS) is 36.5. The zero-order valence-corrected chi connectivity index (χ0v) is 16.9. The number of fused-ring (bicyclic) bond motifs is 3. The van der Waals surface area contributed by atoms with E-state index in [-0.39, 0.29) is 35.9 Å². The molecule has 0 aromatic heterocycles. The molecule has 150 valence electrons. The van der Waals surface area contributed by atoms with Crippen molar-refractivity contribution in [2.75, 3.05) is 0 Å². The lowest BCUT2D eigenvalue weighted by Gasteiger charge is -2.43. The Bertz CT molecular complexity index is 767.